The first-order valence-corrected chi connectivity index (χ1v) is 7.87. The lowest BCUT2D eigenvalue weighted by Gasteiger charge is -2.10. The molecule has 8 nitrogen and oxygen atoms in total. The topological polar surface area (TPSA) is 111 Å². The van der Waals surface area contributed by atoms with Gasteiger partial charge in [0, 0.05) is 6.20 Å². The van der Waals surface area contributed by atoms with Gasteiger partial charge in [0.15, 0.2) is 0 Å². The number of aryl methyl sites for hydroxylation is 1. The molecule has 9 heteroatoms. The van der Waals surface area contributed by atoms with E-state index in [1.165, 1.54) is 17.1 Å². The van der Waals surface area contributed by atoms with Gasteiger partial charge >= 0.3 is 5.97 Å². The molecular weight excluding hydrogens is 286 g/mol. The lowest BCUT2D eigenvalue weighted by Crippen LogP contribution is -2.28. The van der Waals surface area contributed by atoms with Crippen molar-refractivity contribution in [3.8, 4) is 0 Å². The predicted octanol–water partition coefficient (Wildman–Crippen LogP) is 0.510. The molecule has 0 bridgehead atoms. The summed E-state index contributed by atoms with van der Waals surface area (Å²) >= 11 is 0. The molecule has 1 saturated carbocycles. The summed E-state index contributed by atoms with van der Waals surface area (Å²) in [6.45, 7) is 0.119. The van der Waals surface area contributed by atoms with Gasteiger partial charge in [0.2, 0.25) is 0 Å². The third kappa shape index (κ3) is 4.02. The Kier molecular flexibility index (Phi) is 4.73. The van der Waals surface area contributed by atoms with Crippen LogP contribution in [0.2, 0.25) is 0 Å². The first-order valence-electron chi connectivity index (χ1n) is 6.39. The molecule has 0 saturated heterocycles. The maximum Gasteiger partial charge on any atom is 0.305 e. The quantitative estimate of drug-likeness (QED) is 0.710. The number of hydrogen-bond donors (Lipinski definition) is 2. The Bertz CT molecular complexity index is 562. The average molecular weight is 303 g/mol. The molecule has 2 N–H and O–H groups in total. The molecule has 2 rings (SSSR count). The van der Waals surface area contributed by atoms with Gasteiger partial charge in [-0.05, 0) is 12.8 Å². The first-order chi connectivity index (χ1) is 9.47. The van der Waals surface area contributed by atoms with Gasteiger partial charge in [-0.1, -0.05) is 17.7 Å². The second-order valence-electron chi connectivity index (χ2n) is 4.69. The van der Waals surface area contributed by atoms with Gasteiger partial charge < -0.3 is 5.11 Å². The van der Waals surface area contributed by atoms with Crippen molar-refractivity contribution < 1.29 is 23.2 Å². The van der Waals surface area contributed by atoms with Gasteiger partial charge in [-0.15, -0.1) is 0 Å². The van der Waals surface area contributed by atoms with Crippen molar-refractivity contribution in [2.45, 2.75) is 49.6 Å². The zero-order valence-corrected chi connectivity index (χ0v) is 11.7. The van der Waals surface area contributed by atoms with Gasteiger partial charge in [0.25, 0.3) is 10.0 Å². The third-order valence-corrected chi connectivity index (χ3v) is 4.25. The summed E-state index contributed by atoms with van der Waals surface area (Å²) in [6, 6.07) is 0. The zero-order chi connectivity index (χ0) is 14.6. The molecule has 1 fully saturated rings. The van der Waals surface area contributed by atoms with Crippen LogP contribution in [-0.2, 0) is 26.2 Å². The van der Waals surface area contributed by atoms with Crippen LogP contribution in [0.15, 0.2) is 17.3 Å². The highest BCUT2D eigenvalue weighted by molar-refractivity contribution is 7.89. The molecule has 0 aromatic carbocycles. The Hall–Kier alpha value is -1.45. The Morgan fingerprint density at radius 3 is 2.85 bits per heavy atom. The number of hydrogen-bond acceptors (Lipinski definition) is 5. The lowest BCUT2D eigenvalue weighted by atomic mass is 10.3. The Morgan fingerprint density at radius 1 is 1.50 bits per heavy atom. The van der Waals surface area contributed by atoms with Crippen molar-refractivity contribution in [2.24, 2.45) is 0 Å². The summed E-state index contributed by atoms with van der Waals surface area (Å²) in [5.74, 6) is -0.965. The molecule has 0 unspecified atom stereocenters. The molecule has 0 spiro atoms. The summed E-state index contributed by atoms with van der Waals surface area (Å²) in [5, 5.41) is 12.4. The van der Waals surface area contributed by atoms with Crippen LogP contribution < -0.4 is 4.89 Å². The van der Waals surface area contributed by atoms with Crippen LogP contribution in [0.1, 0.15) is 32.1 Å². The van der Waals surface area contributed by atoms with Crippen molar-refractivity contribution in [3.63, 3.8) is 0 Å². The van der Waals surface area contributed by atoms with Crippen LogP contribution in [0.5, 0.6) is 0 Å². The summed E-state index contributed by atoms with van der Waals surface area (Å²) < 4.78 is 25.1. The Labute approximate surface area is 116 Å². The summed E-state index contributed by atoms with van der Waals surface area (Å²) in [6.07, 6.45) is 6.03. The first kappa shape index (κ1) is 14.9. The molecule has 0 amide bonds. The fourth-order valence-electron chi connectivity index (χ4n) is 2.00. The molecule has 1 heterocycles. The fourth-order valence-corrected chi connectivity index (χ4v) is 2.81. The summed E-state index contributed by atoms with van der Waals surface area (Å²) in [4.78, 5) is 17.7. The molecule has 0 radical (unpaired) electrons. The largest absolute Gasteiger partial charge is 0.481 e. The van der Waals surface area contributed by atoms with Crippen molar-refractivity contribution >= 4 is 16.0 Å². The molecule has 0 atom stereocenters. The second-order valence-corrected chi connectivity index (χ2v) is 6.34. The minimum absolute atomic E-state index is 0.0408. The monoisotopic (exact) mass is 303 g/mol. The van der Waals surface area contributed by atoms with Crippen LogP contribution in [0.25, 0.3) is 0 Å². The van der Waals surface area contributed by atoms with E-state index in [1.54, 1.807) is 0 Å². The van der Waals surface area contributed by atoms with Gasteiger partial charge in [-0.25, -0.2) is 8.42 Å². The van der Waals surface area contributed by atoms with Crippen LogP contribution in [0.4, 0.5) is 0 Å². The summed E-state index contributed by atoms with van der Waals surface area (Å²) in [5.41, 5.74) is 0. The molecule has 20 heavy (non-hydrogen) atoms. The van der Waals surface area contributed by atoms with Gasteiger partial charge in [0.05, 0.1) is 25.3 Å². The number of aliphatic carboxylic acids is 1. The van der Waals surface area contributed by atoms with E-state index in [1.807, 2.05) is 0 Å². The number of aromatic nitrogens is 2. The highest BCUT2D eigenvalue weighted by Gasteiger charge is 2.21. The minimum atomic E-state index is -3.77. The number of carboxylic acids is 1. The summed E-state index contributed by atoms with van der Waals surface area (Å²) in [7, 11) is -3.77. The molecule has 1 aromatic rings. The van der Waals surface area contributed by atoms with Gasteiger partial charge in [-0.3, -0.25) is 14.3 Å². The number of nitrogens with zero attached hydrogens (tertiary/aromatic N) is 2. The zero-order valence-electron chi connectivity index (χ0n) is 10.9. The van der Waals surface area contributed by atoms with Crippen molar-refractivity contribution in [2.75, 3.05) is 0 Å². The van der Waals surface area contributed by atoms with E-state index in [9.17, 15) is 13.2 Å². The maximum atomic E-state index is 11.9. The number of carboxylic acid groups (broad SMARTS) is 1. The normalized spacial score (nSPS) is 16.6. The van der Waals surface area contributed by atoms with Crippen molar-refractivity contribution in [3.05, 3.63) is 12.4 Å². The highest BCUT2D eigenvalue weighted by atomic mass is 32.2. The Morgan fingerprint density at radius 2 is 2.20 bits per heavy atom. The number of carbonyl (C=O) groups is 1. The third-order valence-electron chi connectivity index (χ3n) is 3.10. The van der Waals surface area contributed by atoms with Gasteiger partial charge in [0.1, 0.15) is 4.90 Å². The van der Waals surface area contributed by atoms with E-state index >= 15 is 0 Å². The Balaban J connectivity index is 1.92. The van der Waals surface area contributed by atoms with Crippen molar-refractivity contribution in [1.82, 2.24) is 14.7 Å². The average Bonchev–Trinajstić information content (AvgIpc) is 3.05. The molecule has 0 aliphatic heterocycles. The van der Waals surface area contributed by atoms with Crippen LogP contribution in [-0.4, -0.2) is 35.4 Å². The molecule has 1 aliphatic carbocycles. The van der Waals surface area contributed by atoms with E-state index in [4.69, 9.17) is 9.94 Å². The molecular formula is C11H17N3O5S. The molecule has 1 aromatic heterocycles. The van der Waals surface area contributed by atoms with Crippen LogP contribution in [0.3, 0.4) is 0 Å². The fraction of sp³-hybridized carbons (Fsp3) is 0.636. The van der Waals surface area contributed by atoms with Crippen molar-refractivity contribution in [1.29, 1.82) is 0 Å². The van der Waals surface area contributed by atoms with Crippen LogP contribution >= 0.6 is 0 Å². The highest BCUT2D eigenvalue weighted by Crippen LogP contribution is 2.20. The van der Waals surface area contributed by atoms with Crippen LogP contribution in [0, 0.1) is 0 Å². The van der Waals surface area contributed by atoms with E-state index in [-0.39, 0.29) is 24.0 Å². The standard InChI is InChI=1S/C11H17N3O5S/c15-11(16)5-6-14-8-10(7-12-14)20(17,18)13-19-9-3-1-2-4-9/h7-9,13H,1-6H2,(H,15,16). The smallest absolute Gasteiger partial charge is 0.305 e. The number of sulfonamides is 1. The second kappa shape index (κ2) is 6.33. The van der Waals surface area contributed by atoms with E-state index in [2.05, 4.69) is 9.98 Å². The SMILES string of the molecule is O=C(O)CCn1cc(S(=O)(=O)NOC2CCCC2)cn1. The van der Waals surface area contributed by atoms with Gasteiger partial charge in [-0.2, -0.15) is 5.10 Å². The predicted molar refractivity (Wildman–Crippen MR) is 68.1 cm³/mol. The maximum absolute atomic E-state index is 11.9. The molecule has 112 valence electrons. The number of nitrogens with one attached hydrogen (secondary N) is 1. The van der Waals surface area contributed by atoms with E-state index in [0.717, 1.165) is 25.7 Å². The minimum Gasteiger partial charge on any atom is -0.481 e. The van der Waals surface area contributed by atoms with E-state index in [0.29, 0.717) is 0 Å². The molecule has 1 aliphatic rings. The van der Waals surface area contributed by atoms with E-state index < -0.39 is 16.0 Å². The number of rotatable bonds is 7. The lowest BCUT2D eigenvalue weighted by molar-refractivity contribution is -0.137.